The number of anilines is 1. The molecule has 2 rings (SSSR count). The molecule has 0 radical (unpaired) electrons. The number of aromatic nitrogens is 2. The molecule has 1 heterocycles. The summed E-state index contributed by atoms with van der Waals surface area (Å²) in [7, 11) is 1.64. The molecular formula is C11H9F2N3. The van der Waals surface area contributed by atoms with Crippen LogP contribution in [0.1, 0.15) is 0 Å². The Kier molecular flexibility index (Phi) is 2.76. The van der Waals surface area contributed by atoms with Gasteiger partial charge in [0.1, 0.15) is 11.5 Å². The molecule has 1 N–H and O–H groups in total. The molecule has 3 nitrogen and oxygen atoms in total. The second-order valence-corrected chi connectivity index (χ2v) is 3.15. The lowest BCUT2D eigenvalue weighted by Crippen LogP contribution is -1.99. The normalized spacial score (nSPS) is 10.2. The van der Waals surface area contributed by atoms with Gasteiger partial charge in [-0.2, -0.15) is 0 Å². The van der Waals surface area contributed by atoms with E-state index in [2.05, 4.69) is 15.3 Å². The average Bonchev–Trinajstić information content (AvgIpc) is 2.31. The lowest BCUT2D eigenvalue weighted by molar-refractivity contribution is 0.617. The molecule has 0 saturated heterocycles. The Morgan fingerprint density at radius 2 is 1.81 bits per heavy atom. The minimum absolute atomic E-state index is 0.152. The van der Waals surface area contributed by atoms with Crippen molar-refractivity contribution in [1.82, 2.24) is 9.97 Å². The van der Waals surface area contributed by atoms with E-state index in [0.717, 1.165) is 6.20 Å². The predicted octanol–water partition coefficient (Wildman–Crippen LogP) is 2.46. The molecule has 0 spiro atoms. The van der Waals surface area contributed by atoms with Gasteiger partial charge < -0.3 is 5.32 Å². The molecule has 0 fully saturated rings. The van der Waals surface area contributed by atoms with Crippen molar-refractivity contribution < 1.29 is 8.78 Å². The highest BCUT2D eigenvalue weighted by atomic mass is 19.1. The molecule has 0 amide bonds. The van der Waals surface area contributed by atoms with Crippen molar-refractivity contribution in [3.8, 4) is 11.3 Å². The first-order valence-electron chi connectivity index (χ1n) is 4.67. The molecule has 1 aromatic carbocycles. The summed E-state index contributed by atoms with van der Waals surface area (Å²) >= 11 is 0. The number of hydrogen-bond acceptors (Lipinski definition) is 3. The van der Waals surface area contributed by atoms with E-state index in [9.17, 15) is 8.78 Å². The Labute approximate surface area is 91.2 Å². The van der Waals surface area contributed by atoms with Crippen molar-refractivity contribution in [3.63, 3.8) is 0 Å². The lowest BCUT2D eigenvalue weighted by Gasteiger charge is -2.04. The van der Waals surface area contributed by atoms with Gasteiger partial charge in [0.15, 0.2) is 5.82 Å². The summed E-state index contributed by atoms with van der Waals surface area (Å²) in [5.41, 5.74) is 0.664. The number of halogens is 2. The molecule has 1 aromatic heterocycles. The van der Waals surface area contributed by atoms with Gasteiger partial charge in [-0.1, -0.05) is 0 Å². The molecular weight excluding hydrogens is 212 g/mol. The molecule has 82 valence electrons. The Balaban J connectivity index is 2.50. The topological polar surface area (TPSA) is 37.8 Å². The van der Waals surface area contributed by atoms with Gasteiger partial charge >= 0.3 is 0 Å². The highest BCUT2D eigenvalue weighted by Crippen LogP contribution is 2.21. The van der Waals surface area contributed by atoms with E-state index in [-0.39, 0.29) is 11.5 Å². The van der Waals surface area contributed by atoms with Gasteiger partial charge in [0.05, 0.1) is 6.20 Å². The van der Waals surface area contributed by atoms with Gasteiger partial charge in [-0.25, -0.2) is 18.7 Å². The fraction of sp³-hybridized carbons (Fsp3) is 0.0909. The number of hydrogen-bond donors (Lipinski definition) is 1. The van der Waals surface area contributed by atoms with Crippen molar-refractivity contribution >= 4 is 5.95 Å². The van der Waals surface area contributed by atoms with Crippen LogP contribution < -0.4 is 5.32 Å². The van der Waals surface area contributed by atoms with E-state index in [1.807, 2.05) is 0 Å². The van der Waals surface area contributed by atoms with Gasteiger partial charge in [0.2, 0.25) is 5.95 Å². The van der Waals surface area contributed by atoms with Gasteiger partial charge in [-0.3, -0.25) is 0 Å². The summed E-state index contributed by atoms with van der Waals surface area (Å²) in [4.78, 5) is 7.70. The van der Waals surface area contributed by atoms with Crippen molar-refractivity contribution in [2.45, 2.75) is 0 Å². The molecule has 0 atom stereocenters. The first kappa shape index (κ1) is 10.5. The zero-order chi connectivity index (χ0) is 11.5. The minimum Gasteiger partial charge on any atom is -0.357 e. The van der Waals surface area contributed by atoms with E-state index >= 15 is 0 Å². The summed E-state index contributed by atoms with van der Waals surface area (Å²) in [5, 5.41) is 2.71. The number of rotatable bonds is 2. The number of benzene rings is 1. The Bertz CT molecular complexity index is 497. The fourth-order valence-electron chi connectivity index (χ4n) is 1.30. The third kappa shape index (κ3) is 1.98. The largest absolute Gasteiger partial charge is 0.357 e. The Morgan fingerprint density at radius 3 is 2.44 bits per heavy atom. The van der Waals surface area contributed by atoms with Crippen LogP contribution in [0.5, 0.6) is 0 Å². The van der Waals surface area contributed by atoms with Crippen LogP contribution in [0.4, 0.5) is 14.7 Å². The highest BCUT2D eigenvalue weighted by molar-refractivity contribution is 5.60. The first-order chi connectivity index (χ1) is 7.70. The molecule has 5 heteroatoms. The maximum absolute atomic E-state index is 13.4. The standard InChI is InChI=1S/C11H9F2N3/c1-14-11-15-6-9(13)10(16-11)7-2-4-8(12)5-3-7/h2-6H,1H3,(H,14,15,16). The number of nitrogens with one attached hydrogen (secondary N) is 1. The van der Waals surface area contributed by atoms with E-state index in [4.69, 9.17) is 0 Å². The summed E-state index contributed by atoms with van der Waals surface area (Å²) in [6.07, 6.45) is 1.08. The third-order valence-electron chi connectivity index (χ3n) is 2.09. The van der Waals surface area contributed by atoms with E-state index in [1.54, 1.807) is 7.05 Å². The Hall–Kier alpha value is -2.04. The zero-order valence-electron chi connectivity index (χ0n) is 8.54. The van der Waals surface area contributed by atoms with Crippen molar-refractivity contribution in [2.24, 2.45) is 0 Å². The molecule has 16 heavy (non-hydrogen) atoms. The van der Waals surface area contributed by atoms with E-state index in [0.29, 0.717) is 11.5 Å². The van der Waals surface area contributed by atoms with Crippen molar-refractivity contribution in [1.29, 1.82) is 0 Å². The molecule has 0 aliphatic rings. The fourth-order valence-corrected chi connectivity index (χ4v) is 1.30. The van der Waals surface area contributed by atoms with E-state index in [1.165, 1.54) is 24.3 Å². The molecule has 0 saturated carbocycles. The second-order valence-electron chi connectivity index (χ2n) is 3.15. The maximum atomic E-state index is 13.4. The summed E-state index contributed by atoms with van der Waals surface area (Å²) < 4.78 is 26.2. The van der Waals surface area contributed by atoms with Crippen molar-refractivity contribution in [3.05, 3.63) is 42.1 Å². The summed E-state index contributed by atoms with van der Waals surface area (Å²) in [6.45, 7) is 0. The highest BCUT2D eigenvalue weighted by Gasteiger charge is 2.08. The smallest absolute Gasteiger partial charge is 0.223 e. The molecule has 2 aromatic rings. The van der Waals surface area contributed by atoms with Crippen LogP contribution in [-0.4, -0.2) is 17.0 Å². The first-order valence-corrected chi connectivity index (χ1v) is 4.67. The predicted molar refractivity (Wildman–Crippen MR) is 56.9 cm³/mol. The van der Waals surface area contributed by atoms with Gasteiger partial charge in [-0.15, -0.1) is 0 Å². The quantitative estimate of drug-likeness (QED) is 0.846. The average molecular weight is 221 g/mol. The van der Waals surface area contributed by atoms with Crippen LogP contribution in [0.2, 0.25) is 0 Å². The van der Waals surface area contributed by atoms with Crippen molar-refractivity contribution in [2.75, 3.05) is 12.4 Å². The second kappa shape index (κ2) is 4.22. The minimum atomic E-state index is -0.536. The van der Waals surface area contributed by atoms with Crippen LogP contribution in [0.15, 0.2) is 30.5 Å². The Morgan fingerprint density at radius 1 is 1.12 bits per heavy atom. The van der Waals surface area contributed by atoms with Crippen LogP contribution in [-0.2, 0) is 0 Å². The monoisotopic (exact) mass is 221 g/mol. The lowest BCUT2D eigenvalue weighted by atomic mass is 10.1. The summed E-state index contributed by atoms with van der Waals surface area (Å²) in [5.74, 6) is -0.585. The van der Waals surface area contributed by atoms with Gasteiger partial charge in [0.25, 0.3) is 0 Å². The van der Waals surface area contributed by atoms with Crippen LogP contribution in [0.25, 0.3) is 11.3 Å². The SMILES string of the molecule is CNc1ncc(F)c(-c2ccc(F)cc2)n1. The molecule has 0 aliphatic heterocycles. The molecule has 0 bridgehead atoms. The van der Waals surface area contributed by atoms with Crippen LogP contribution >= 0.6 is 0 Å². The van der Waals surface area contributed by atoms with E-state index < -0.39 is 5.82 Å². The maximum Gasteiger partial charge on any atom is 0.223 e. The van der Waals surface area contributed by atoms with Crippen LogP contribution in [0.3, 0.4) is 0 Å². The molecule has 0 unspecified atom stereocenters. The molecule has 0 aliphatic carbocycles. The van der Waals surface area contributed by atoms with Gasteiger partial charge in [0, 0.05) is 12.6 Å². The number of nitrogens with zero attached hydrogens (tertiary/aromatic N) is 2. The van der Waals surface area contributed by atoms with Gasteiger partial charge in [-0.05, 0) is 24.3 Å². The third-order valence-corrected chi connectivity index (χ3v) is 2.09. The summed E-state index contributed by atoms with van der Waals surface area (Å²) in [6, 6.07) is 5.46. The van der Waals surface area contributed by atoms with Crippen LogP contribution in [0, 0.1) is 11.6 Å². The zero-order valence-corrected chi connectivity index (χ0v) is 8.54.